The Labute approximate surface area is 99.3 Å². The Morgan fingerprint density at radius 2 is 1.94 bits per heavy atom. The van der Waals surface area contributed by atoms with Crippen molar-refractivity contribution in [1.82, 2.24) is 5.32 Å². The van der Waals surface area contributed by atoms with Gasteiger partial charge in [0.1, 0.15) is 0 Å². The molecule has 0 saturated heterocycles. The predicted octanol–water partition coefficient (Wildman–Crippen LogP) is 3.01. The van der Waals surface area contributed by atoms with Gasteiger partial charge in [0.2, 0.25) is 0 Å². The Morgan fingerprint density at radius 3 is 2.56 bits per heavy atom. The average molecular weight is 227 g/mol. The molecule has 16 heavy (non-hydrogen) atoms. The van der Waals surface area contributed by atoms with Gasteiger partial charge in [0.05, 0.1) is 0 Å². The van der Waals surface area contributed by atoms with Crippen LogP contribution >= 0.6 is 0 Å². The molecule has 0 saturated carbocycles. The highest BCUT2D eigenvalue weighted by Gasteiger charge is 2.03. The Balaban J connectivity index is 3.24. The highest BCUT2D eigenvalue weighted by Crippen LogP contribution is 2.04. The SMILES string of the molecule is C=CC(=O)OC(C)NCCCCCCCC. The van der Waals surface area contributed by atoms with E-state index in [2.05, 4.69) is 18.8 Å². The molecule has 0 bridgehead atoms. The first kappa shape index (κ1) is 15.2. The van der Waals surface area contributed by atoms with E-state index in [1.54, 1.807) is 0 Å². The zero-order valence-electron chi connectivity index (χ0n) is 10.6. The highest BCUT2D eigenvalue weighted by atomic mass is 16.6. The molecule has 0 aromatic rings. The van der Waals surface area contributed by atoms with E-state index in [0.717, 1.165) is 13.0 Å². The van der Waals surface area contributed by atoms with Crippen molar-refractivity contribution in [3.05, 3.63) is 12.7 Å². The van der Waals surface area contributed by atoms with Crippen LogP contribution in [0, 0.1) is 0 Å². The molecule has 0 aromatic heterocycles. The summed E-state index contributed by atoms with van der Waals surface area (Å²) in [6.45, 7) is 8.30. The van der Waals surface area contributed by atoms with Gasteiger partial charge in [-0.25, -0.2) is 4.79 Å². The van der Waals surface area contributed by atoms with Crippen molar-refractivity contribution in [2.75, 3.05) is 6.54 Å². The number of hydrogen-bond donors (Lipinski definition) is 1. The average Bonchev–Trinajstić information content (AvgIpc) is 2.27. The molecule has 1 atom stereocenters. The number of esters is 1. The fourth-order valence-corrected chi connectivity index (χ4v) is 1.47. The lowest BCUT2D eigenvalue weighted by Gasteiger charge is -2.13. The predicted molar refractivity (Wildman–Crippen MR) is 67.1 cm³/mol. The van der Waals surface area contributed by atoms with Crippen LogP contribution < -0.4 is 5.32 Å². The first-order valence-corrected chi connectivity index (χ1v) is 6.27. The minimum atomic E-state index is -0.372. The van der Waals surface area contributed by atoms with Crippen molar-refractivity contribution in [3.8, 4) is 0 Å². The molecule has 0 aliphatic rings. The van der Waals surface area contributed by atoms with Crippen LogP contribution in [-0.4, -0.2) is 18.7 Å². The summed E-state index contributed by atoms with van der Waals surface area (Å²) in [4.78, 5) is 10.8. The minimum Gasteiger partial charge on any atom is -0.444 e. The van der Waals surface area contributed by atoms with Gasteiger partial charge in [-0.2, -0.15) is 0 Å². The van der Waals surface area contributed by atoms with Gasteiger partial charge in [0, 0.05) is 6.08 Å². The maximum absolute atomic E-state index is 10.8. The van der Waals surface area contributed by atoms with Crippen LogP contribution in [0.4, 0.5) is 0 Å². The maximum atomic E-state index is 10.8. The Hall–Kier alpha value is -0.830. The molecule has 1 unspecified atom stereocenters. The van der Waals surface area contributed by atoms with E-state index in [9.17, 15) is 4.79 Å². The molecule has 3 heteroatoms. The number of nitrogens with one attached hydrogen (secondary N) is 1. The molecule has 1 N–H and O–H groups in total. The molecule has 0 aliphatic carbocycles. The standard InChI is InChI=1S/C13H25NO2/c1-4-6-7-8-9-10-11-14-12(3)16-13(15)5-2/h5,12,14H,2,4,6-11H2,1,3H3. The van der Waals surface area contributed by atoms with Crippen LogP contribution in [-0.2, 0) is 9.53 Å². The molecular weight excluding hydrogens is 202 g/mol. The second kappa shape index (κ2) is 10.7. The summed E-state index contributed by atoms with van der Waals surface area (Å²) in [5, 5.41) is 3.15. The van der Waals surface area contributed by atoms with Crippen molar-refractivity contribution in [1.29, 1.82) is 0 Å². The Kier molecular flexibility index (Phi) is 10.1. The smallest absolute Gasteiger partial charge is 0.331 e. The number of hydrogen-bond acceptors (Lipinski definition) is 3. The number of carbonyl (C=O) groups excluding carboxylic acids is 1. The monoisotopic (exact) mass is 227 g/mol. The topological polar surface area (TPSA) is 38.3 Å². The summed E-state index contributed by atoms with van der Waals surface area (Å²) in [6, 6.07) is 0. The van der Waals surface area contributed by atoms with Gasteiger partial charge in [-0.1, -0.05) is 45.6 Å². The first-order chi connectivity index (χ1) is 7.70. The molecule has 0 aromatic carbocycles. The van der Waals surface area contributed by atoms with Crippen molar-refractivity contribution in [3.63, 3.8) is 0 Å². The summed E-state index contributed by atoms with van der Waals surface area (Å²) >= 11 is 0. The molecule has 0 aliphatic heterocycles. The summed E-state index contributed by atoms with van der Waals surface area (Å²) < 4.78 is 4.98. The number of unbranched alkanes of at least 4 members (excludes halogenated alkanes) is 5. The van der Waals surface area contributed by atoms with E-state index in [1.165, 1.54) is 38.2 Å². The van der Waals surface area contributed by atoms with Crippen LogP contribution in [0.25, 0.3) is 0 Å². The highest BCUT2D eigenvalue weighted by molar-refractivity contribution is 5.81. The van der Waals surface area contributed by atoms with E-state index in [1.807, 2.05) is 6.92 Å². The molecule has 0 fully saturated rings. The normalized spacial score (nSPS) is 12.1. The third-order valence-electron chi connectivity index (χ3n) is 2.42. The van der Waals surface area contributed by atoms with Gasteiger partial charge in [-0.15, -0.1) is 0 Å². The maximum Gasteiger partial charge on any atom is 0.331 e. The van der Waals surface area contributed by atoms with Crippen molar-refractivity contribution in [2.45, 2.75) is 58.6 Å². The van der Waals surface area contributed by atoms with Gasteiger partial charge in [0.15, 0.2) is 6.23 Å². The second-order valence-electron chi connectivity index (χ2n) is 4.01. The fourth-order valence-electron chi connectivity index (χ4n) is 1.47. The van der Waals surface area contributed by atoms with Gasteiger partial charge >= 0.3 is 5.97 Å². The summed E-state index contributed by atoms with van der Waals surface area (Å²) in [5.74, 6) is -0.372. The third kappa shape index (κ3) is 9.71. The van der Waals surface area contributed by atoms with E-state index in [-0.39, 0.29) is 12.2 Å². The van der Waals surface area contributed by atoms with Crippen molar-refractivity contribution in [2.24, 2.45) is 0 Å². The first-order valence-electron chi connectivity index (χ1n) is 6.27. The van der Waals surface area contributed by atoms with Gasteiger partial charge in [0.25, 0.3) is 0 Å². The van der Waals surface area contributed by atoms with Crippen LogP contribution in [0.2, 0.25) is 0 Å². The van der Waals surface area contributed by atoms with Crippen molar-refractivity contribution >= 4 is 5.97 Å². The summed E-state index contributed by atoms with van der Waals surface area (Å²) in [6.07, 6.45) is 8.60. The summed E-state index contributed by atoms with van der Waals surface area (Å²) in [5.41, 5.74) is 0. The lowest BCUT2D eigenvalue weighted by molar-refractivity contribution is -0.143. The lowest BCUT2D eigenvalue weighted by atomic mass is 10.1. The van der Waals surface area contributed by atoms with E-state index >= 15 is 0 Å². The zero-order chi connectivity index (χ0) is 12.2. The van der Waals surface area contributed by atoms with Crippen LogP contribution in [0.1, 0.15) is 52.4 Å². The van der Waals surface area contributed by atoms with E-state index in [4.69, 9.17) is 4.74 Å². The van der Waals surface area contributed by atoms with Gasteiger partial charge < -0.3 is 4.74 Å². The molecule has 0 rings (SSSR count). The second-order valence-corrected chi connectivity index (χ2v) is 4.01. The largest absolute Gasteiger partial charge is 0.444 e. The molecule has 0 amide bonds. The number of carbonyl (C=O) groups is 1. The number of rotatable bonds is 10. The lowest BCUT2D eigenvalue weighted by Crippen LogP contribution is -2.31. The molecular formula is C13H25NO2. The molecule has 0 spiro atoms. The van der Waals surface area contributed by atoms with E-state index in [0.29, 0.717) is 0 Å². The van der Waals surface area contributed by atoms with E-state index < -0.39 is 0 Å². The molecule has 94 valence electrons. The van der Waals surface area contributed by atoms with Crippen LogP contribution in [0.3, 0.4) is 0 Å². The molecule has 3 nitrogen and oxygen atoms in total. The number of ether oxygens (including phenoxy) is 1. The minimum absolute atomic E-state index is 0.221. The van der Waals surface area contributed by atoms with Crippen LogP contribution in [0.15, 0.2) is 12.7 Å². The zero-order valence-corrected chi connectivity index (χ0v) is 10.6. The third-order valence-corrected chi connectivity index (χ3v) is 2.42. The van der Waals surface area contributed by atoms with Gasteiger partial charge in [-0.05, 0) is 19.9 Å². The molecule has 0 radical (unpaired) electrons. The summed E-state index contributed by atoms with van der Waals surface area (Å²) in [7, 11) is 0. The quantitative estimate of drug-likeness (QED) is 0.270. The molecule has 0 heterocycles. The van der Waals surface area contributed by atoms with Gasteiger partial charge in [-0.3, -0.25) is 5.32 Å². The van der Waals surface area contributed by atoms with Crippen molar-refractivity contribution < 1.29 is 9.53 Å². The van der Waals surface area contributed by atoms with Crippen LogP contribution in [0.5, 0.6) is 0 Å². The fraction of sp³-hybridized carbons (Fsp3) is 0.769. The Bertz CT molecular complexity index is 192. The Morgan fingerprint density at radius 1 is 1.31 bits per heavy atom.